The van der Waals surface area contributed by atoms with Crippen molar-refractivity contribution < 1.29 is 14.6 Å². The van der Waals surface area contributed by atoms with Crippen LogP contribution in [0.3, 0.4) is 0 Å². The fourth-order valence-corrected chi connectivity index (χ4v) is 2.45. The lowest BCUT2D eigenvalue weighted by Gasteiger charge is -2.24. The summed E-state index contributed by atoms with van der Waals surface area (Å²) in [7, 11) is 0. The maximum absolute atomic E-state index is 12.7. The molecule has 2 N–H and O–H groups in total. The molecular weight excluding hydrogens is 316 g/mol. The Morgan fingerprint density at radius 2 is 2.00 bits per heavy atom. The molecule has 5 heteroatoms. The number of carbonyl (C=O) groups excluding carboxylic acids is 1. The SMILES string of the molecule is CC(C)(C(=O)NCc1ccccc1OCCO)c1cccc(C#N)c1. The van der Waals surface area contributed by atoms with Crippen LogP contribution < -0.4 is 10.1 Å². The first-order chi connectivity index (χ1) is 12.0. The van der Waals surface area contributed by atoms with Crippen LogP contribution in [0.15, 0.2) is 48.5 Å². The zero-order valence-electron chi connectivity index (χ0n) is 14.5. The summed E-state index contributed by atoms with van der Waals surface area (Å²) in [5.74, 6) is 0.501. The lowest BCUT2D eigenvalue weighted by molar-refractivity contribution is -0.125. The average Bonchev–Trinajstić information content (AvgIpc) is 2.65. The smallest absolute Gasteiger partial charge is 0.230 e. The first kappa shape index (κ1) is 18.5. The Balaban J connectivity index is 2.10. The quantitative estimate of drug-likeness (QED) is 0.813. The van der Waals surface area contributed by atoms with Crippen LogP contribution in [-0.2, 0) is 16.8 Å². The highest BCUT2D eigenvalue weighted by Gasteiger charge is 2.29. The fourth-order valence-electron chi connectivity index (χ4n) is 2.45. The van der Waals surface area contributed by atoms with E-state index in [9.17, 15) is 4.79 Å². The molecule has 0 atom stereocenters. The molecule has 130 valence electrons. The van der Waals surface area contributed by atoms with Crippen molar-refractivity contribution in [2.45, 2.75) is 25.8 Å². The number of benzene rings is 2. The third kappa shape index (κ3) is 4.59. The minimum Gasteiger partial charge on any atom is -0.491 e. The van der Waals surface area contributed by atoms with Gasteiger partial charge in [0.2, 0.25) is 5.91 Å². The molecule has 5 nitrogen and oxygen atoms in total. The second-order valence-electron chi connectivity index (χ2n) is 6.18. The Hall–Kier alpha value is -2.84. The molecule has 0 aromatic heterocycles. The molecule has 0 unspecified atom stereocenters. The largest absolute Gasteiger partial charge is 0.491 e. The highest BCUT2D eigenvalue weighted by atomic mass is 16.5. The molecule has 1 amide bonds. The molecule has 0 saturated heterocycles. The standard InChI is InChI=1S/C20H22N2O3/c1-20(2,17-8-5-6-15(12-17)13-21)19(24)22-14-16-7-3-4-9-18(16)25-11-10-23/h3-9,12,23H,10-11,14H2,1-2H3,(H,22,24). The van der Waals surface area contributed by atoms with Gasteiger partial charge < -0.3 is 15.2 Å². The maximum Gasteiger partial charge on any atom is 0.230 e. The van der Waals surface area contributed by atoms with Crippen LogP contribution in [0.1, 0.15) is 30.5 Å². The number of carbonyl (C=O) groups is 1. The van der Waals surface area contributed by atoms with E-state index in [4.69, 9.17) is 15.1 Å². The van der Waals surface area contributed by atoms with Gasteiger partial charge in [-0.1, -0.05) is 30.3 Å². The van der Waals surface area contributed by atoms with E-state index in [1.807, 2.05) is 38.1 Å². The normalized spacial score (nSPS) is 10.8. The van der Waals surface area contributed by atoms with Gasteiger partial charge in [-0.15, -0.1) is 0 Å². The molecule has 0 spiro atoms. The molecule has 0 saturated carbocycles. The summed E-state index contributed by atoms with van der Waals surface area (Å²) >= 11 is 0. The van der Waals surface area contributed by atoms with Crippen molar-refractivity contribution in [3.8, 4) is 11.8 Å². The van der Waals surface area contributed by atoms with Gasteiger partial charge in [0.15, 0.2) is 0 Å². The highest BCUT2D eigenvalue weighted by Crippen LogP contribution is 2.25. The Kier molecular flexibility index (Phi) is 6.15. The van der Waals surface area contributed by atoms with Gasteiger partial charge in [-0.05, 0) is 37.6 Å². The van der Waals surface area contributed by atoms with Crippen molar-refractivity contribution in [1.82, 2.24) is 5.32 Å². The lowest BCUT2D eigenvalue weighted by atomic mass is 9.83. The Morgan fingerprint density at radius 3 is 2.72 bits per heavy atom. The highest BCUT2D eigenvalue weighted by molar-refractivity contribution is 5.87. The number of ether oxygens (including phenoxy) is 1. The van der Waals surface area contributed by atoms with Crippen LogP contribution in [-0.4, -0.2) is 24.2 Å². The molecule has 2 rings (SSSR count). The minimum atomic E-state index is -0.770. The first-order valence-corrected chi connectivity index (χ1v) is 8.09. The van der Waals surface area contributed by atoms with Gasteiger partial charge in [0.25, 0.3) is 0 Å². The number of nitrogens with zero attached hydrogens (tertiary/aromatic N) is 1. The van der Waals surface area contributed by atoms with Crippen molar-refractivity contribution >= 4 is 5.91 Å². The first-order valence-electron chi connectivity index (χ1n) is 8.09. The summed E-state index contributed by atoms with van der Waals surface area (Å²) in [4.78, 5) is 12.7. The number of para-hydroxylation sites is 1. The zero-order valence-corrected chi connectivity index (χ0v) is 14.5. The number of nitriles is 1. The second-order valence-corrected chi connectivity index (χ2v) is 6.18. The molecule has 0 radical (unpaired) electrons. The molecule has 25 heavy (non-hydrogen) atoms. The zero-order chi connectivity index (χ0) is 18.3. The van der Waals surface area contributed by atoms with Crippen LogP contribution in [0.25, 0.3) is 0 Å². The van der Waals surface area contributed by atoms with Crippen LogP contribution >= 0.6 is 0 Å². The third-order valence-electron chi connectivity index (χ3n) is 4.04. The second kappa shape index (κ2) is 8.32. The number of aliphatic hydroxyl groups is 1. The van der Waals surface area contributed by atoms with E-state index in [2.05, 4.69) is 11.4 Å². The predicted octanol–water partition coefficient (Wildman–Crippen LogP) is 2.52. The molecule has 2 aromatic carbocycles. The summed E-state index contributed by atoms with van der Waals surface area (Å²) in [6.45, 7) is 4.11. The fraction of sp³-hybridized carbons (Fsp3) is 0.300. The Bertz CT molecular complexity index is 779. The van der Waals surface area contributed by atoms with Crippen LogP contribution in [0.2, 0.25) is 0 Å². The van der Waals surface area contributed by atoms with Crippen molar-refractivity contribution in [2.24, 2.45) is 0 Å². The Labute approximate surface area is 147 Å². The van der Waals surface area contributed by atoms with Crippen molar-refractivity contribution in [3.05, 3.63) is 65.2 Å². The van der Waals surface area contributed by atoms with Crippen molar-refractivity contribution in [1.29, 1.82) is 5.26 Å². The van der Waals surface area contributed by atoms with Gasteiger partial charge >= 0.3 is 0 Å². The molecule has 2 aromatic rings. The Morgan fingerprint density at radius 1 is 1.24 bits per heavy atom. The molecule has 0 aliphatic rings. The van der Waals surface area contributed by atoms with E-state index in [0.717, 1.165) is 11.1 Å². The summed E-state index contributed by atoms with van der Waals surface area (Å²) in [6.07, 6.45) is 0. The van der Waals surface area contributed by atoms with E-state index in [1.54, 1.807) is 24.3 Å². The van der Waals surface area contributed by atoms with Crippen LogP contribution in [0.4, 0.5) is 0 Å². The van der Waals surface area contributed by atoms with E-state index in [-0.39, 0.29) is 19.1 Å². The maximum atomic E-state index is 12.7. The third-order valence-corrected chi connectivity index (χ3v) is 4.04. The van der Waals surface area contributed by atoms with Gasteiger partial charge in [-0.3, -0.25) is 4.79 Å². The summed E-state index contributed by atoms with van der Waals surface area (Å²) in [6, 6.07) is 16.6. The lowest BCUT2D eigenvalue weighted by Crippen LogP contribution is -2.39. The van der Waals surface area contributed by atoms with E-state index >= 15 is 0 Å². The van der Waals surface area contributed by atoms with Gasteiger partial charge in [0, 0.05) is 12.1 Å². The molecular formula is C20H22N2O3. The minimum absolute atomic E-state index is 0.0665. The summed E-state index contributed by atoms with van der Waals surface area (Å²) in [5, 5.41) is 20.9. The summed E-state index contributed by atoms with van der Waals surface area (Å²) < 4.78 is 5.48. The van der Waals surface area contributed by atoms with E-state index in [1.165, 1.54) is 0 Å². The number of aliphatic hydroxyl groups excluding tert-OH is 1. The number of nitrogens with one attached hydrogen (secondary N) is 1. The monoisotopic (exact) mass is 338 g/mol. The number of amides is 1. The van der Waals surface area contributed by atoms with Gasteiger partial charge in [-0.25, -0.2) is 0 Å². The molecule has 0 aliphatic heterocycles. The van der Waals surface area contributed by atoms with Crippen LogP contribution in [0.5, 0.6) is 5.75 Å². The average molecular weight is 338 g/mol. The topological polar surface area (TPSA) is 82.3 Å². The predicted molar refractivity (Wildman–Crippen MR) is 95.1 cm³/mol. The van der Waals surface area contributed by atoms with Crippen molar-refractivity contribution in [3.63, 3.8) is 0 Å². The van der Waals surface area contributed by atoms with E-state index < -0.39 is 5.41 Å². The van der Waals surface area contributed by atoms with Gasteiger partial charge in [-0.2, -0.15) is 5.26 Å². The molecule has 0 aliphatic carbocycles. The van der Waals surface area contributed by atoms with Crippen LogP contribution in [0, 0.1) is 11.3 Å². The number of hydrogen-bond acceptors (Lipinski definition) is 4. The van der Waals surface area contributed by atoms with Crippen molar-refractivity contribution in [2.75, 3.05) is 13.2 Å². The molecule has 0 bridgehead atoms. The molecule has 0 fully saturated rings. The molecule has 0 heterocycles. The summed E-state index contributed by atoms with van der Waals surface area (Å²) in [5.41, 5.74) is 1.38. The van der Waals surface area contributed by atoms with Gasteiger partial charge in [0.05, 0.1) is 23.7 Å². The van der Waals surface area contributed by atoms with Gasteiger partial charge in [0.1, 0.15) is 12.4 Å². The number of hydrogen-bond donors (Lipinski definition) is 2. The van der Waals surface area contributed by atoms with E-state index in [0.29, 0.717) is 17.9 Å². The number of rotatable bonds is 7.